The summed E-state index contributed by atoms with van der Waals surface area (Å²) >= 11 is 1.12. The lowest BCUT2D eigenvalue weighted by atomic mass is 9.88. The summed E-state index contributed by atoms with van der Waals surface area (Å²) in [7, 11) is 1.73. The first-order valence-electron chi connectivity index (χ1n) is 13.2. The molecule has 1 aliphatic carbocycles. The molecule has 0 heterocycles. The van der Waals surface area contributed by atoms with Gasteiger partial charge in [0.25, 0.3) is 0 Å². The maximum absolute atomic E-state index is 13.7. The van der Waals surface area contributed by atoms with Gasteiger partial charge in [0.2, 0.25) is 0 Å². The van der Waals surface area contributed by atoms with Crippen molar-refractivity contribution in [2.24, 2.45) is 5.92 Å². The summed E-state index contributed by atoms with van der Waals surface area (Å²) in [6, 6.07) is 18.1. The van der Waals surface area contributed by atoms with E-state index in [-0.39, 0.29) is 17.6 Å². The minimum absolute atomic E-state index is 0.0594. The molecule has 0 radical (unpaired) electrons. The third kappa shape index (κ3) is 8.10. The molecule has 1 atom stereocenters. The molecule has 0 spiro atoms. The summed E-state index contributed by atoms with van der Waals surface area (Å²) in [4.78, 5) is 11.5. The summed E-state index contributed by atoms with van der Waals surface area (Å²) < 4.78 is 42.7. The van der Waals surface area contributed by atoms with E-state index in [1.165, 1.54) is 35.4 Å². The van der Waals surface area contributed by atoms with Crippen LogP contribution in [0.15, 0.2) is 71.6 Å². The molecule has 3 N–H and O–H groups in total. The Labute approximate surface area is 237 Å². The van der Waals surface area contributed by atoms with E-state index in [1.807, 2.05) is 0 Å². The molecule has 0 saturated heterocycles. The molecule has 1 aliphatic rings. The number of rotatable bonds is 11. The quantitative estimate of drug-likeness (QED) is 0.227. The maximum Gasteiger partial charge on any atom is 0.416 e. The fourth-order valence-corrected chi connectivity index (χ4v) is 6.31. The van der Waals surface area contributed by atoms with Gasteiger partial charge in [0.1, 0.15) is 0 Å². The number of carboxylic acid groups (broad SMARTS) is 1. The number of benzene rings is 3. The summed E-state index contributed by atoms with van der Waals surface area (Å²) in [6.07, 6.45) is -2.16. The molecule has 0 aromatic heterocycles. The molecular weight excluding hydrogens is 537 g/mol. The number of alkyl halides is 3. The third-order valence-corrected chi connectivity index (χ3v) is 8.09. The van der Waals surface area contributed by atoms with E-state index >= 15 is 0 Å². The molecule has 9 heteroatoms. The van der Waals surface area contributed by atoms with Crippen LogP contribution in [0, 0.1) is 5.92 Å². The number of β-amino-alcohol motifs (C(OH)–C–C–N with tert-alkyl or cyclic N) is 1. The minimum Gasteiger partial charge on any atom is -0.478 e. The first-order valence-corrected chi connectivity index (χ1v) is 14.0. The molecule has 3 aromatic rings. The topological polar surface area (TPSA) is 72.8 Å². The SMILES string of the molecule is CN(C[C@H](O)CNC(C)(C)CC1Cc2ccccc2C1)Sc1cc(-c2ccc(C(=O)O)cc2)cc(C(F)(F)F)c1. The van der Waals surface area contributed by atoms with Gasteiger partial charge in [-0.3, -0.25) is 0 Å². The van der Waals surface area contributed by atoms with E-state index in [0.717, 1.165) is 43.3 Å². The highest BCUT2D eigenvalue weighted by Crippen LogP contribution is 2.37. The number of nitrogens with zero attached hydrogens (tertiary/aromatic N) is 1. The van der Waals surface area contributed by atoms with Crippen LogP contribution in [-0.2, 0) is 19.0 Å². The van der Waals surface area contributed by atoms with Gasteiger partial charge in [-0.1, -0.05) is 36.4 Å². The van der Waals surface area contributed by atoms with Gasteiger partial charge >= 0.3 is 12.1 Å². The van der Waals surface area contributed by atoms with E-state index in [9.17, 15) is 23.1 Å². The van der Waals surface area contributed by atoms with Crippen LogP contribution in [-0.4, -0.2) is 52.3 Å². The zero-order valence-electron chi connectivity index (χ0n) is 22.8. The van der Waals surface area contributed by atoms with Crippen molar-refractivity contribution in [1.29, 1.82) is 0 Å². The highest BCUT2D eigenvalue weighted by Gasteiger charge is 2.32. The number of nitrogens with one attached hydrogen (secondary N) is 1. The van der Waals surface area contributed by atoms with Crippen molar-refractivity contribution in [1.82, 2.24) is 9.62 Å². The number of halogens is 3. The maximum atomic E-state index is 13.7. The Balaban J connectivity index is 1.35. The molecule has 40 heavy (non-hydrogen) atoms. The van der Waals surface area contributed by atoms with Crippen molar-refractivity contribution in [3.05, 3.63) is 89.0 Å². The smallest absolute Gasteiger partial charge is 0.416 e. The molecule has 4 rings (SSSR count). The van der Waals surface area contributed by atoms with Crippen LogP contribution in [0.3, 0.4) is 0 Å². The van der Waals surface area contributed by atoms with Crippen molar-refractivity contribution in [3.8, 4) is 11.1 Å². The molecule has 0 saturated carbocycles. The summed E-state index contributed by atoms with van der Waals surface area (Å²) in [5.74, 6) is -0.556. The molecule has 214 valence electrons. The molecule has 5 nitrogen and oxygen atoms in total. The molecular formula is C31H35F3N2O3S. The highest BCUT2D eigenvalue weighted by molar-refractivity contribution is 7.97. The first-order chi connectivity index (χ1) is 18.8. The summed E-state index contributed by atoms with van der Waals surface area (Å²) in [5, 5.41) is 23.3. The number of carbonyl (C=O) groups is 1. The largest absolute Gasteiger partial charge is 0.478 e. The first kappa shape index (κ1) is 30.1. The number of carboxylic acids is 1. The zero-order chi connectivity index (χ0) is 29.1. The Bertz CT molecular complexity index is 1300. The average Bonchev–Trinajstić information content (AvgIpc) is 3.28. The van der Waals surface area contributed by atoms with Crippen LogP contribution in [0.1, 0.15) is 47.3 Å². The van der Waals surface area contributed by atoms with Gasteiger partial charge in [-0.2, -0.15) is 13.2 Å². The third-order valence-electron chi connectivity index (χ3n) is 7.18. The number of hydrogen-bond donors (Lipinski definition) is 3. The van der Waals surface area contributed by atoms with Crippen molar-refractivity contribution >= 4 is 17.9 Å². The van der Waals surface area contributed by atoms with Crippen LogP contribution >= 0.6 is 11.9 Å². The highest BCUT2D eigenvalue weighted by atomic mass is 32.2. The second-order valence-electron chi connectivity index (χ2n) is 11.2. The number of aromatic carboxylic acids is 1. The molecule has 0 fully saturated rings. The predicted molar refractivity (Wildman–Crippen MR) is 152 cm³/mol. The Kier molecular flexibility index (Phi) is 9.29. The number of fused-ring (bicyclic) bond motifs is 1. The second kappa shape index (κ2) is 12.3. The fraction of sp³-hybridized carbons (Fsp3) is 0.387. The van der Waals surface area contributed by atoms with Gasteiger partial charge in [0.05, 0.1) is 17.2 Å². The van der Waals surface area contributed by atoms with Gasteiger partial charge < -0.3 is 15.5 Å². The van der Waals surface area contributed by atoms with Crippen molar-refractivity contribution in [2.75, 3.05) is 20.1 Å². The summed E-state index contributed by atoms with van der Waals surface area (Å²) in [6.45, 7) is 4.88. The second-order valence-corrected chi connectivity index (χ2v) is 12.5. The van der Waals surface area contributed by atoms with E-state index in [4.69, 9.17) is 5.11 Å². The Morgan fingerprint density at radius 1 is 1.02 bits per heavy atom. The van der Waals surface area contributed by atoms with Gasteiger partial charge in [0.15, 0.2) is 0 Å². The van der Waals surface area contributed by atoms with Gasteiger partial charge in [-0.05, 0) is 111 Å². The molecule has 0 aliphatic heterocycles. The standard InChI is InChI=1S/C31H35F3N2O3S/c1-30(2,17-20-12-23-6-4-5-7-24(23)13-20)35-18-27(37)19-36(3)40-28-15-25(14-26(16-28)31(32,33)34)21-8-10-22(11-9-21)29(38)39/h4-11,14-16,20,27,35,37H,12-13,17-19H2,1-3H3,(H,38,39)/t27-/m1/s1. The molecule has 3 aromatic carbocycles. The van der Waals surface area contributed by atoms with Crippen LogP contribution in [0.2, 0.25) is 0 Å². The van der Waals surface area contributed by atoms with E-state index in [2.05, 4.69) is 43.4 Å². The molecule has 0 amide bonds. The average molecular weight is 573 g/mol. The van der Waals surface area contributed by atoms with Crippen LogP contribution in [0.25, 0.3) is 11.1 Å². The van der Waals surface area contributed by atoms with Gasteiger partial charge in [0, 0.05) is 23.5 Å². The number of likely N-dealkylation sites (N-methyl/N-ethyl adjacent to an activating group) is 1. The van der Waals surface area contributed by atoms with Crippen LogP contribution in [0.4, 0.5) is 13.2 Å². The monoisotopic (exact) mass is 572 g/mol. The van der Waals surface area contributed by atoms with Gasteiger partial charge in [-0.25, -0.2) is 9.10 Å². The lowest BCUT2D eigenvalue weighted by Gasteiger charge is -2.31. The Morgan fingerprint density at radius 2 is 1.65 bits per heavy atom. The predicted octanol–water partition coefficient (Wildman–Crippen LogP) is 6.54. The fourth-order valence-electron chi connectivity index (χ4n) is 5.35. The summed E-state index contributed by atoms with van der Waals surface area (Å²) in [5.41, 5.74) is 2.74. The Hall–Kier alpha value is -2.85. The number of aliphatic hydroxyl groups is 1. The molecule has 0 bridgehead atoms. The number of hydrogen-bond acceptors (Lipinski definition) is 5. The Morgan fingerprint density at radius 3 is 2.23 bits per heavy atom. The van der Waals surface area contributed by atoms with E-state index < -0.39 is 23.8 Å². The lowest BCUT2D eigenvalue weighted by Crippen LogP contribution is -2.46. The van der Waals surface area contributed by atoms with Crippen LogP contribution < -0.4 is 5.32 Å². The minimum atomic E-state index is -4.54. The molecule has 0 unspecified atom stereocenters. The van der Waals surface area contributed by atoms with Crippen molar-refractivity contribution < 1.29 is 28.2 Å². The normalized spacial score (nSPS) is 14.9. The zero-order valence-corrected chi connectivity index (χ0v) is 23.6. The van der Waals surface area contributed by atoms with E-state index in [0.29, 0.717) is 28.5 Å². The van der Waals surface area contributed by atoms with E-state index in [1.54, 1.807) is 17.4 Å². The van der Waals surface area contributed by atoms with Crippen molar-refractivity contribution in [3.63, 3.8) is 0 Å². The number of aliphatic hydroxyl groups excluding tert-OH is 1. The van der Waals surface area contributed by atoms with Gasteiger partial charge in [-0.15, -0.1) is 0 Å². The lowest BCUT2D eigenvalue weighted by molar-refractivity contribution is -0.137. The van der Waals surface area contributed by atoms with Crippen LogP contribution in [0.5, 0.6) is 0 Å². The van der Waals surface area contributed by atoms with Crippen molar-refractivity contribution in [2.45, 2.75) is 55.8 Å².